The van der Waals surface area contributed by atoms with Gasteiger partial charge in [-0.05, 0) is 46.8 Å². The van der Waals surface area contributed by atoms with Gasteiger partial charge in [-0.2, -0.15) is 0 Å². The number of nitrogens with one attached hydrogen (secondary N) is 2. The second-order valence-corrected chi connectivity index (χ2v) is 8.55. The zero-order valence-corrected chi connectivity index (χ0v) is 18.6. The summed E-state index contributed by atoms with van der Waals surface area (Å²) in [5.74, 6) is -0.798. The first-order valence-corrected chi connectivity index (χ1v) is 11.5. The number of hydrogen-bond donors (Lipinski definition) is 2. The number of carbonyl (C=O) groups is 2. The fourth-order valence-electron chi connectivity index (χ4n) is 3.60. The van der Waals surface area contributed by atoms with Gasteiger partial charge in [0.2, 0.25) is 5.91 Å². The van der Waals surface area contributed by atoms with Gasteiger partial charge in [0, 0.05) is 10.4 Å². The molecule has 0 spiro atoms. The quantitative estimate of drug-likeness (QED) is 0.358. The average molecular weight is 459 g/mol. The first kappa shape index (κ1) is 22.4. The number of halogens is 1. The Morgan fingerprint density at radius 1 is 0.758 bits per heavy atom. The highest BCUT2D eigenvalue weighted by atomic mass is 32.1. The van der Waals surface area contributed by atoms with Gasteiger partial charge in [0.1, 0.15) is 5.82 Å². The predicted molar refractivity (Wildman–Crippen MR) is 128 cm³/mol. The molecular weight excluding hydrogens is 435 g/mol. The Balaban J connectivity index is 1.54. The molecule has 166 valence electrons. The van der Waals surface area contributed by atoms with Gasteiger partial charge in [0.25, 0.3) is 5.91 Å². The van der Waals surface area contributed by atoms with Crippen LogP contribution in [0.3, 0.4) is 0 Å². The van der Waals surface area contributed by atoms with Crippen molar-refractivity contribution in [2.75, 3.05) is 0 Å². The van der Waals surface area contributed by atoms with E-state index in [0.717, 1.165) is 16.0 Å². The normalized spacial score (nSPS) is 12.5. The summed E-state index contributed by atoms with van der Waals surface area (Å²) in [5.41, 5.74) is 2.16. The third kappa shape index (κ3) is 5.93. The molecule has 3 aromatic carbocycles. The van der Waals surface area contributed by atoms with Gasteiger partial charge in [0.05, 0.1) is 18.5 Å². The van der Waals surface area contributed by atoms with Crippen LogP contribution in [0.5, 0.6) is 0 Å². The van der Waals surface area contributed by atoms with Crippen molar-refractivity contribution in [3.8, 4) is 0 Å². The second kappa shape index (κ2) is 10.7. The monoisotopic (exact) mass is 458 g/mol. The van der Waals surface area contributed by atoms with Crippen molar-refractivity contribution in [2.24, 2.45) is 0 Å². The van der Waals surface area contributed by atoms with Crippen LogP contribution >= 0.6 is 11.3 Å². The summed E-state index contributed by atoms with van der Waals surface area (Å²) in [6.45, 7) is 0. The van der Waals surface area contributed by atoms with Crippen LogP contribution in [0.15, 0.2) is 102 Å². The Labute approximate surface area is 196 Å². The van der Waals surface area contributed by atoms with E-state index in [2.05, 4.69) is 10.6 Å². The molecule has 33 heavy (non-hydrogen) atoms. The summed E-state index contributed by atoms with van der Waals surface area (Å²) in [6, 6.07) is 27.4. The smallest absolute Gasteiger partial charge is 0.251 e. The summed E-state index contributed by atoms with van der Waals surface area (Å²) in [5, 5.41) is 7.99. The van der Waals surface area contributed by atoms with Crippen LogP contribution in [-0.4, -0.2) is 11.8 Å². The summed E-state index contributed by atoms with van der Waals surface area (Å²) in [4.78, 5) is 26.9. The van der Waals surface area contributed by atoms with Gasteiger partial charge in [-0.3, -0.25) is 9.59 Å². The van der Waals surface area contributed by atoms with E-state index in [9.17, 15) is 14.0 Å². The van der Waals surface area contributed by atoms with E-state index in [1.807, 2.05) is 53.9 Å². The third-order valence-electron chi connectivity index (χ3n) is 5.27. The first-order chi connectivity index (χ1) is 16.1. The highest BCUT2D eigenvalue weighted by Crippen LogP contribution is 2.27. The molecule has 2 amide bonds. The standard InChI is InChI=1S/C27H23FN2O2S/c28-22-15-13-20(14-16-22)26(24-12-7-17-33-24)30-25(31)18-23(19-8-3-1-4-9-19)29-27(32)21-10-5-2-6-11-21/h1-17,23,26H,18H2,(H,29,32)(H,30,31)/t23-,26-/m0/s1. The largest absolute Gasteiger partial charge is 0.345 e. The first-order valence-electron chi connectivity index (χ1n) is 10.6. The minimum atomic E-state index is -0.504. The van der Waals surface area contributed by atoms with Crippen molar-refractivity contribution >= 4 is 23.2 Å². The minimum absolute atomic E-state index is 0.0612. The van der Waals surface area contributed by atoms with Gasteiger partial charge >= 0.3 is 0 Å². The summed E-state index contributed by atoms with van der Waals surface area (Å²) < 4.78 is 13.5. The van der Waals surface area contributed by atoms with Crippen molar-refractivity contribution in [3.05, 3.63) is 130 Å². The minimum Gasteiger partial charge on any atom is -0.345 e. The number of thiophene rings is 1. The Kier molecular flexibility index (Phi) is 7.27. The maximum Gasteiger partial charge on any atom is 0.251 e. The van der Waals surface area contributed by atoms with E-state index < -0.39 is 12.1 Å². The maximum atomic E-state index is 13.5. The van der Waals surface area contributed by atoms with Crippen LogP contribution in [0.25, 0.3) is 0 Å². The van der Waals surface area contributed by atoms with Crippen molar-refractivity contribution < 1.29 is 14.0 Å². The van der Waals surface area contributed by atoms with Crippen molar-refractivity contribution in [1.82, 2.24) is 10.6 Å². The van der Waals surface area contributed by atoms with Gasteiger partial charge < -0.3 is 10.6 Å². The van der Waals surface area contributed by atoms with Crippen LogP contribution in [0.4, 0.5) is 4.39 Å². The van der Waals surface area contributed by atoms with Crippen LogP contribution in [0, 0.1) is 5.82 Å². The van der Waals surface area contributed by atoms with Gasteiger partial charge in [-0.15, -0.1) is 11.3 Å². The molecule has 6 heteroatoms. The van der Waals surface area contributed by atoms with Crippen molar-refractivity contribution in [3.63, 3.8) is 0 Å². The topological polar surface area (TPSA) is 58.2 Å². The molecule has 0 aliphatic rings. The molecule has 0 saturated heterocycles. The Bertz CT molecular complexity index is 1180. The molecule has 0 saturated carbocycles. The molecule has 4 rings (SSSR count). The molecule has 0 aliphatic heterocycles. The lowest BCUT2D eigenvalue weighted by Gasteiger charge is -2.22. The van der Waals surface area contributed by atoms with E-state index in [0.29, 0.717) is 5.56 Å². The number of hydrogen-bond acceptors (Lipinski definition) is 3. The lowest BCUT2D eigenvalue weighted by Crippen LogP contribution is -2.35. The summed E-state index contributed by atoms with van der Waals surface area (Å²) in [6.07, 6.45) is 0.0612. The van der Waals surface area contributed by atoms with E-state index in [1.165, 1.54) is 23.5 Å². The number of amides is 2. The Morgan fingerprint density at radius 3 is 2.06 bits per heavy atom. The lowest BCUT2D eigenvalue weighted by atomic mass is 10.0. The zero-order valence-electron chi connectivity index (χ0n) is 17.8. The summed E-state index contributed by atoms with van der Waals surface area (Å²) >= 11 is 1.52. The molecule has 2 atom stereocenters. The van der Waals surface area contributed by atoms with Crippen LogP contribution < -0.4 is 10.6 Å². The molecule has 1 heterocycles. The molecule has 2 N–H and O–H groups in total. The number of benzene rings is 3. The van der Waals surface area contributed by atoms with E-state index in [4.69, 9.17) is 0 Å². The van der Waals surface area contributed by atoms with E-state index in [-0.39, 0.29) is 24.1 Å². The SMILES string of the molecule is O=C(C[C@H](NC(=O)c1ccccc1)c1ccccc1)N[C@@H](c1ccc(F)cc1)c1cccs1. The van der Waals surface area contributed by atoms with Crippen LogP contribution in [0.2, 0.25) is 0 Å². The summed E-state index contributed by atoms with van der Waals surface area (Å²) in [7, 11) is 0. The molecule has 4 aromatic rings. The van der Waals surface area contributed by atoms with E-state index in [1.54, 1.807) is 36.4 Å². The Morgan fingerprint density at radius 2 is 1.42 bits per heavy atom. The molecular formula is C27H23FN2O2S. The lowest BCUT2D eigenvalue weighted by molar-refractivity contribution is -0.122. The highest BCUT2D eigenvalue weighted by Gasteiger charge is 2.23. The fraction of sp³-hybridized carbons (Fsp3) is 0.111. The highest BCUT2D eigenvalue weighted by molar-refractivity contribution is 7.10. The zero-order chi connectivity index (χ0) is 23.0. The third-order valence-corrected chi connectivity index (χ3v) is 6.21. The average Bonchev–Trinajstić information content (AvgIpc) is 3.39. The van der Waals surface area contributed by atoms with Gasteiger partial charge in [-0.25, -0.2) is 4.39 Å². The predicted octanol–water partition coefficient (Wildman–Crippen LogP) is 5.65. The fourth-order valence-corrected chi connectivity index (χ4v) is 4.41. The van der Waals surface area contributed by atoms with Crippen molar-refractivity contribution in [1.29, 1.82) is 0 Å². The molecule has 0 radical (unpaired) electrons. The van der Waals surface area contributed by atoms with Crippen LogP contribution in [0.1, 0.15) is 44.9 Å². The maximum absolute atomic E-state index is 13.5. The molecule has 0 bridgehead atoms. The molecule has 0 aliphatic carbocycles. The molecule has 0 fully saturated rings. The molecule has 4 nitrogen and oxygen atoms in total. The van der Waals surface area contributed by atoms with Crippen molar-refractivity contribution in [2.45, 2.75) is 18.5 Å². The van der Waals surface area contributed by atoms with Crippen LogP contribution in [-0.2, 0) is 4.79 Å². The Hall–Kier alpha value is -3.77. The second-order valence-electron chi connectivity index (χ2n) is 7.57. The number of carbonyl (C=O) groups excluding carboxylic acids is 2. The molecule has 0 unspecified atom stereocenters. The number of rotatable bonds is 8. The van der Waals surface area contributed by atoms with Gasteiger partial charge in [-0.1, -0.05) is 66.7 Å². The van der Waals surface area contributed by atoms with Gasteiger partial charge in [0.15, 0.2) is 0 Å². The molecule has 1 aromatic heterocycles. The van der Waals surface area contributed by atoms with E-state index >= 15 is 0 Å².